The van der Waals surface area contributed by atoms with Gasteiger partial charge < -0.3 is 9.88 Å². The number of hydrogen-bond donors (Lipinski definition) is 2. The van der Waals surface area contributed by atoms with Gasteiger partial charge in [-0.2, -0.15) is 4.72 Å². The van der Waals surface area contributed by atoms with Gasteiger partial charge in [0.15, 0.2) is 0 Å². The van der Waals surface area contributed by atoms with Gasteiger partial charge in [0.2, 0.25) is 21.8 Å². The van der Waals surface area contributed by atoms with E-state index in [2.05, 4.69) is 26.6 Å². The zero-order valence-corrected chi connectivity index (χ0v) is 25.9. The number of imidazole rings is 1. The van der Waals surface area contributed by atoms with E-state index in [0.29, 0.717) is 43.1 Å². The monoisotopic (exact) mass is 614 g/mol. The molecule has 1 atom stereocenters. The Balaban J connectivity index is 1.68. The summed E-state index contributed by atoms with van der Waals surface area (Å²) in [5.74, 6) is -0.159. The molecule has 1 fully saturated rings. The summed E-state index contributed by atoms with van der Waals surface area (Å²) in [6, 6.07) is 8.87. The quantitative estimate of drug-likeness (QED) is 0.277. The van der Waals surface area contributed by atoms with E-state index in [1.165, 1.54) is 6.07 Å². The highest BCUT2D eigenvalue weighted by molar-refractivity contribution is 7.89. The number of aromatic nitrogens is 3. The number of rotatable bonds is 12. The molecule has 2 N–H and O–H groups in total. The van der Waals surface area contributed by atoms with Crippen LogP contribution in [-0.2, 0) is 26.0 Å². The zero-order valence-electron chi connectivity index (χ0n) is 24.3. The number of H-pyrrole nitrogens is 1. The van der Waals surface area contributed by atoms with Gasteiger partial charge in [0.05, 0.1) is 23.4 Å². The molecule has 0 saturated carbocycles. The van der Waals surface area contributed by atoms with E-state index in [1.807, 2.05) is 6.92 Å². The van der Waals surface area contributed by atoms with Gasteiger partial charge in [-0.1, -0.05) is 38.5 Å². The van der Waals surface area contributed by atoms with Crippen LogP contribution in [0.3, 0.4) is 0 Å². The number of nitrogens with zero attached hydrogens (tertiary/aromatic N) is 4. The van der Waals surface area contributed by atoms with Crippen LogP contribution in [0.15, 0.2) is 53.8 Å². The molecule has 4 rings (SSSR count). The van der Waals surface area contributed by atoms with Crippen LogP contribution < -0.4 is 9.14 Å². The summed E-state index contributed by atoms with van der Waals surface area (Å²) in [6.07, 6.45) is 7.54. The van der Waals surface area contributed by atoms with Gasteiger partial charge in [0.25, 0.3) is 0 Å². The molecule has 2 aromatic heterocycles. The molecular weight excluding hydrogens is 576 g/mol. The minimum Gasteiger partial charge on any atom is -0.348 e. The maximum Gasteiger partial charge on any atom is 0.243 e. The Morgan fingerprint density at radius 3 is 2.52 bits per heavy atom. The first kappa shape index (κ1) is 31.7. The third-order valence-electron chi connectivity index (χ3n) is 7.89. The molecule has 0 aliphatic carbocycles. The average Bonchev–Trinajstić information content (AvgIpc) is 3.43. The van der Waals surface area contributed by atoms with E-state index in [4.69, 9.17) is 11.8 Å². The first-order valence-corrected chi connectivity index (χ1v) is 16.3. The van der Waals surface area contributed by atoms with Gasteiger partial charge >= 0.3 is 0 Å². The van der Waals surface area contributed by atoms with Gasteiger partial charge in [-0.05, 0) is 63.1 Å². The van der Waals surface area contributed by atoms with E-state index >= 15 is 0 Å². The summed E-state index contributed by atoms with van der Waals surface area (Å²) in [4.78, 5) is 39.8. The molecule has 1 aliphatic rings. The number of para-hydroxylation sites is 1. The predicted octanol–water partition coefficient (Wildman–Crippen LogP) is 5.00. The van der Waals surface area contributed by atoms with E-state index in [-0.39, 0.29) is 29.3 Å². The molecule has 1 saturated heterocycles. The Hall–Kier alpha value is -3.28. The minimum atomic E-state index is -4.32. The number of benzene rings is 1. The topological polar surface area (TPSA) is 128 Å². The Bertz CT molecular complexity index is 1470. The molecule has 42 heavy (non-hydrogen) atoms. The summed E-state index contributed by atoms with van der Waals surface area (Å²) in [5, 5.41) is 0. The standard InChI is InChI=1S/C30H39ClN6O4S/c1-4-22-15-18-36(19-16-22)30(39)26(13-9-12-24-21(3)33-20-34-24)35-42(40,41)27-14-8-10-23(25-11-6-7-17-32-25)29(27)37(31)28(38)5-2/h6-8,10-11,14,17,20,22,26,35H,4-5,9,12-13,15-16,18-19H2,1-3H3,(H,33,34)/t26-/m0/s1. The average molecular weight is 615 g/mol. The Labute approximate surface area is 253 Å². The minimum absolute atomic E-state index is 0.000627. The van der Waals surface area contributed by atoms with Crippen molar-refractivity contribution < 1.29 is 18.0 Å². The number of nitrogens with one attached hydrogen (secondary N) is 2. The lowest BCUT2D eigenvalue weighted by molar-refractivity contribution is -0.134. The number of halogens is 1. The fourth-order valence-corrected chi connectivity index (χ4v) is 7.10. The van der Waals surface area contributed by atoms with E-state index in [9.17, 15) is 18.0 Å². The third kappa shape index (κ3) is 7.37. The molecule has 3 aromatic rings. The van der Waals surface area contributed by atoms with Gasteiger partial charge in [0, 0.05) is 48.7 Å². The molecule has 0 radical (unpaired) electrons. The number of aryl methyl sites for hydroxylation is 2. The lowest BCUT2D eigenvalue weighted by Gasteiger charge is -2.34. The fourth-order valence-electron chi connectivity index (χ4n) is 5.31. The molecule has 0 bridgehead atoms. The van der Waals surface area contributed by atoms with Crippen molar-refractivity contribution in [3.05, 3.63) is 60.3 Å². The number of carbonyl (C=O) groups excluding carboxylic acids is 2. The van der Waals surface area contributed by atoms with Crippen LogP contribution >= 0.6 is 11.8 Å². The van der Waals surface area contributed by atoms with Crippen molar-refractivity contribution in [3.63, 3.8) is 0 Å². The molecule has 3 heterocycles. The van der Waals surface area contributed by atoms with Crippen molar-refractivity contribution in [3.8, 4) is 11.3 Å². The molecule has 2 amide bonds. The summed E-state index contributed by atoms with van der Waals surface area (Å²) in [7, 11) is -4.32. The highest BCUT2D eigenvalue weighted by Crippen LogP contribution is 2.37. The number of piperidine rings is 1. The highest BCUT2D eigenvalue weighted by Gasteiger charge is 2.34. The van der Waals surface area contributed by atoms with Crippen molar-refractivity contribution in [1.29, 1.82) is 0 Å². The van der Waals surface area contributed by atoms with E-state index in [1.54, 1.807) is 54.7 Å². The van der Waals surface area contributed by atoms with Crippen molar-refractivity contribution in [2.45, 2.75) is 76.7 Å². The van der Waals surface area contributed by atoms with Crippen molar-refractivity contribution in [2.24, 2.45) is 5.92 Å². The number of pyridine rings is 1. The zero-order chi connectivity index (χ0) is 30.3. The van der Waals surface area contributed by atoms with Gasteiger partial charge in [-0.25, -0.2) is 17.8 Å². The number of aromatic amines is 1. The Morgan fingerprint density at radius 2 is 1.90 bits per heavy atom. The second-order valence-electron chi connectivity index (χ2n) is 10.6. The van der Waals surface area contributed by atoms with Crippen molar-refractivity contribution in [2.75, 3.05) is 17.5 Å². The number of likely N-dealkylation sites (tertiary alicyclic amines) is 1. The number of sulfonamides is 1. The predicted molar refractivity (Wildman–Crippen MR) is 163 cm³/mol. The van der Waals surface area contributed by atoms with Crippen LogP contribution in [0.4, 0.5) is 5.69 Å². The molecule has 1 aliphatic heterocycles. The second-order valence-corrected chi connectivity index (χ2v) is 12.6. The smallest absolute Gasteiger partial charge is 0.243 e. The lowest BCUT2D eigenvalue weighted by Crippen LogP contribution is -2.50. The molecule has 10 nitrogen and oxygen atoms in total. The third-order valence-corrected chi connectivity index (χ3v) is 9.75. The number of carbonyl (C=O) groups is 2. The Kier molecular flexibility index (Phi) is 10.7. The van der Waals surface area contributed by atoms with Crippen LogP contribution in [-0.4, -0.2) is 59.2 Å². The largest absolute Gasteiger partial charge is 0.348 e. The lowest BCUT2D eigenvalue weighted by atomic mass is 9.94. The number of hydrogen-bond acceptors (Lipinski definition) is 6. The first-order chi connectivity index (χ1) is 20.2. The normalized spacial score (nSPS) is 15.0. The van der Waals surface area contributed by atoms with E-state index < -0.39 is 22.0 Å². The number of amides is 2. The first-order valence-electron chi connectivity index (χ1n) is 14.5. The Morgan fingerprint density at radius 1 is 1.14 bits per heavy atom. The molecular formula is C30H39ClN6O4S. The van der Waals surface area contributed by atoms with Crippen molar-refractivity contribution in [1.82, 2.24) is 24.6 Å². The molecule has 0 spiro atoms. The summed E-state index contributed by atoms with van der Waals surface area (Å²) in [5.41, 5.74) is 2.67. The fraction of sp³-hybridized carbons (Fsp3) is 0.467. The summed E-state index contributed by atoms with van der Waals surface area (Å²) < 4.78 is 31.7. The molecule has 1 aromatic carbocycles. The maximum absolute atomic E-state index is 14.1. The van der Waals surface area contributed by atoms with E-state index in [0.717, 1.165) is 35.1 Å². The summed E-state index contributed by atoms with van der Waals surface area (Å²) >= 11 is 6.51. The highest BCUT2D eigenvalue weighted by atomic mass is 35.5. The van der Waals surface area contributed by atoms with Crippen LogP contribution in [0.2, 0.25) is 0 Å². The molecule has 226 valence electrons. The van der Waals surface area contributed by atoms with Gasteiger partial charge in [-0.15, -0.1) is 0 Å². The van der Waals surface area contributed by atoms with Crippen LogP contribution in [0.5, 0.6) is 0 Å². The van der Waals surface area contributed by atoms with Crippen LogP contribution in [0, 0.1) is 12.8 Å². The van der Waals surface area contributed by atoms with Crippen LogP contribution in [0.1, 0.15) is 63.8 Å². The van der Waals surface area contributed by atoms with Gasteiger partial charge in [0.1, 0.15) is 10.9 Å². The SMILES string of the molecule is CCC(=O)N(Cl)c1c(-c2ccccn2)cccc1S(=O)(=O)N[C@@H](CCCc1nc[nH]c1C)C(=O)N1CCC(CC)CC1. The van der Waals surface area contributed by atoms with Gasteiger partial charge in [-0.3, -0.25) is 14.6 Å². The summed E-state index contributed by atoms with van der Waals surface area (Å²) in [6.45, 7) is 6.90. The van der Waals surface area contributed by atoms with Crippen LogP contribution in [0.25, 0.3) is 11.3 Å². The molecule has 0 unspecified atom stereocenters. The second kappa shape index (κ2) is 14.3. The maximum atomic E-state index is 14.1. The van der Waals surface area contributed by atoms with Crippen molar-refractivity contribution >= 4 is 39.3 Å². The molecule has 12 heteroatoms. The number of anilines is 1.